The molecule has 2 amide bonds. The second kappa shape index (κ2) is 9.89. The summed E-state index contributed by atoms with van der Waals surface area (Å²) in [4.78, 5) is 18.7. The van der Waals surface area contributed by atoms with E-state index in [1.54, 1.807) is 20.3 Å². The molecule has 1 aliphatic rings. The summed E-state index contributed by atoms with van der Waals surface area (Å²) >= 11 is 11.9. The van der Waals surface area contributed by atoms with Crippen LogP contribution in [0.5, 0.6) is 11.5 Å². The number of benzene rings is 1. The number of amides is 2. The summed E-state index contributed by atoms with van der Waals surface area (Å²) in [5.41, 5.74) is 0.983. The molecule has 9 heteroatoms. The molecule has 1 atom stereocenters. The van der Waals surface area contributed by atoms with Gasteiger partial charge in [0, 0.05) is 37.5 Å². The molecule has 0 spiro atoms. The summed E-state index contributed by atoms with van der Waals surface area (Å²) in [5, 5.41) is 6.95. The van der Waals surface area contributed by atoms with Crippen molar-refractivity contribution >= 4 is 35.1 Å². The first-order valence-corrected chi connectivity index (χ1v) is 10.1. The third-order valence-electron chi connectivity index (χ3n) is 4.81. The fourth-order valence-corrected chi connectivity index (χ4v) is 3.87. The van der Waals surface area contributed by atoms with Crippen LogP contribution in [0.4, 0.5) is 10.6 Å². The number of ether oxygens (including phenoxy) is 2. The Morgan fingerprint density at radius 1 is 1.24 bits per heavy atom. The molecular weight excluding hydrogens is 415 g/mol. The van der Waals surface area contributed by atoms with Gasteiger partial charge in [0.25, 0.3) is 0 Å². The fraction of sp³-hybridized carbons (Fsp3) is 0.400. The van der Waals surface area contributed by atoms with Crippen molar-refractivity contribution in [3.05, 3.63) is 46.1 Å². The van der Waals surface area contributed by atoms with Crippen LogP contribution in [0.1, 0.15) is 24.4 Å². The number of carbonyl (C=O) groups excluding carboxylic acids is 1. The predicted octanol–water partition coefficient (Wildman–Crippen LogP) is 4.36. The van der Waals surface area contributed by atoms with Crippen molar-refractivity contribution in [3.8, 4) is 11.5 Å². The van der Waals surface area contributed by atoms with Gasteiger partial charge in [-0.2, -0.15) is 0 Å². The summed E-state index contributed by atoms with van der Waals surface area (Å²) in [6, 6.07) is 7.17. The Morgan fingerprint density at radius 3 is 2.79 bits per heavy atom. The van der Waals surface area contributed by atoms with Crippen molar-refractivity contribution in [2.75, 3.05) is 39.2 Å². The van der Waals surface area contributed by atoms with Crippen LogP contribution in [-0.2, 0) is 0 Å². The van der Waals surface area contributed by atoms with Crippen LogP contribution in [0.15, 0.2) is 30.5 Å². The second-order valence-corrected chi connectivity index (χ2v) is 7.45. The number of anilines is 1. The molecular formula is C20H24Cl2N4O3. The van der Waals surface area contributed by atoms with Crippen LogP contribution >= 0.6 is 23.2 Å². The lowest BCUT2D eigenvalue weighted by molar-refractivity contribution is 0.192. The van der Waals surface area contributed by atoms with Gasteiger partial charge < -0.3 is 25.0 Å². The average molecular weight is 439 g/mol. The first-order valence-electron chi connectivity index (χ1n) is 9.34. The maximum atomic E-state index is 12.7. The molecule has 29 heavy (non-hydrogen) atoms. The van der Waals surface area contributed by atoms with E-state index in [9.17, 15) is 4.79 Å². The minimum atomic E-state index is -0.109. The number of nitrogens with one attached hydrogen (secondary N) is 2. The SMILES string of the molecule is COc1ccc(C2CCCN2C(=O)NCCNc2ncc(Cl)cc2Cl)c(OC)c1. The Bertz CT molecular complexity index is 866. The molecule has 1 unspecified atom stereocenters. The number of carbonyl (C=O) groups is 1. The second-order valence-electron chi connectivity index (χ2n) is 6.60. The summed E-state index contributed by atoms with van der Waals surface area (Å²) in [6.07, 6.45) is 3.35. The number of aromatic nitrogens is 1. The number of nitrogens with zero attached hydrogens (tertiary/aromatic N) is 2. The van der Waals surface area contributed by atoms with Crippen LogP contribution < -0.4 is 20.1 Å². The summed E-state index contributed by atoms with van der Waals surface area (Å²) < 4.78 is 10.8. The molecule has 2 aromatic rings. The zero-order valence-electron chi connectivity index (χ0n) is 16.4. The van der Waals surface area contributed by atoms with E-state index in [-0.39, 0.29) is 12.1 Å². The number of rotatable bonds is 7. The molecule has 1 saturated heterocycles. The van der Waals surface area contributed by atoms with Crippen LogP contribution in [0.2, 0.25) is 10.0 Å². The minimum absolute atomic E-state index is 0.0313. The lowest BCUT2D eigenvalue weighted by Gasteiger charge is -2.27. The molecule has 3 rings (SSSR count). The average Bonchev–Trinajstić information content (AvgIpc) is 3.21. The third kappa shape index (κ3) is 5.16. The number of hydrogen-bond donors (Lipinski definition) is 2. The van der Waals surface area contributed by atoms with Gasteiger partial charge in [-0.3, -0.25) is 0 Å². The van der Waals surface area contributed by atoms with E-state index in [1.165, 1.54) is 6.20 Å². The van der Waals surface area contributed by atoms with Gasteiger partial charge in [0.15, 0.2) is 0 Å². The van der Waals surface area contributed by atoms with E-state index >= 15 is 0 Å². The van der Waals surface area contributed by atoms with Crippen LogP contribution in [0.3, 0.4) is 0 Å². The number of methoxy groups -OCH3 is 2. The van der Waals surface area contributed by atoms with Gasteiger partial charge in [-0.25, -0.2) is 9.78 Å². The van der Waals surface area contributed by atoms with Crippen molar-refractivity contribution < 1.29 is 14.3 Å². The molecule has 1 aliphatic heterocycles. The van der Waals surface area contributed by atoms with Crippen molar-refractivity contribution in [3.63, 3.8) is 0 Å². The maximum Gasteiger partial charge on any atom is 0.317 e. The summed E-state index contributed by atoms with van der Waals surface area (Å²) in [7, 11) is 3.24. The Labute approximate surface area is 180 Å². The van der Waals surface area contributed by atoms with Crippen molar-refractivity contribution in [1.29, 1.82) is 0 Å². The molecule has 0 bridgehead atoms. The highest BCUT2D eigenvalue weighted by atomic mass is 35.5. The highest BCUT2D eigenvalue weighted by Gasteiger charge is 2.31. The molecule has 156 valence electrons. The lowest BCUT2D eigenvalue weighted by atomic mass is 10.0. The molecule has 0 radical (unpaired) electrons. The van der Waals surface area contributed by atoms with Crippen molar-refractivity contribution in [2.45, 2.75) is 18.9 Å². The molecule has 1 aromatic heterocycles. The summed E-state index contributed by atoms with van der Waals surface area (Å²) in [6.45, 7) is 1.62. The maximum absolute atomic E-state index is 12.7. The highest BCUT2D eigenvalue weighted by molar-refractivity contribution is 6.35. The number of pyridine rings is 1. The zero-order chi connectivity index (χ0) is 20.8. The molecule has 2 N–H and O–H groups in total. The van der Waals surface area contributed by atoms with Gasteiger partial charge in [0.2, 0.25) is 0 Å². The number of halogens is 2. The minimum Gasteiger partial charge on any atom is -0.497 e. The lowest BCUT2D eigenvalue weighted by Crippen LogP contribution is -2.41. The third-order valence-corrected chi connectivity index (χ3v) is 5.31. The smallest absolute Gasteiger partial charge is 0.317 e. The Hall–Kier alpha value is -2.38. The van der Waals surface area contributed by atoms with E-state index in [1.807, 2.05) is 23.1 Å². The molecule has 1 aromatic carbocycles. The van der Waals surface area contributed by atoms with Crippen LogP contribution in [0.25, 0.3) is 0 Å². The van der Waals surface area contributed by atoms with Crippen molar-refractivity contribution in [2.24, 2.45) is 0 Å². The molecule has 1 fully saturated rings. The molecule has 0 saturated carbocycles. The van der Waals surface area contributed by atoms with Gasteiger partial charge in [-0.15, -0.1) is 0 Å². The highest BCUT2D eigenvalue weighted by Crippen LogP contribution is 2.38. The fourth-order valence-electron chi connectivity index (χ4n) is 3.42. The van der Waals surface area contributed by atoms with E-state index in [2.05, 4.69) is 15.6 Å². The molecule has 7 nitrogen and oxygen atoms in total. The van der Waals surface area contributed by atoms with Gasteiger partial charge in [0.05, 0.1) is 30.3 Å². The standard InChI is InChI=1S/C20H24Cl2N4O3/c1-28-14-5-6-15(18(11-14)29-2)17-4-3-9-26(17)20(27)24-8-7-23-19-16(22)10-13(21)12-25-19/h5-6,10-12,17H,3-4,7-9H2,1-2H3,(H,23,25)(H,24,27). The molecule has 0 aliphatic carbocycles. The largest absolute Gasteiger partial charge is 0.497 e. The topological polar surface area (TPSA) is 75.7 Å². The van der Waals surface area contributed by atoms with E-state index < -0.39 is 0 Å². The number of likely N-dealkylation sites (tertiary alicyclic amines) is 1. The predicted molar refractivity (Wildman–Crippen MR) is 114 cm³/mol. The first-order chi connectivity index (χ1) is 14.0. The van der Waals surface area contributed by atoms with E-state index in [0.29, 0.717) is 35.5 Å². The first kappa shape index (κ1) is 21.3. The quantitative estimate of drug-likeness (QED) is 0.627. The van der Waals surface area contributed by atoms with Gasteiger partial charge in [-0.05, 0) is 31.0 Å². The van der Waals surface area contributed by atoms with Gasteiger partial charge in [0.1, 0.15) is 17.3 Å². The van der Waals surface area contributed by atoms with E-state index in [0.717, 1.165) is 29.9 Å². The van der Waals surface area contributed by atoms with Crippen LogP contribution in [0, 0.1) is 0 Å². The van der Waals surface area contributed by atoms with Gasteiger partial charge in [-0.1, -0.05) is 23.2 Å². The normalized spacial score (nSPS) is 15.9. The molecule has 2 heterocycles. The van der Waals surface area contributed by atoms with E-state index in [4.69, 9.17) is 32.7 Å². The van der Waals surface area contributed by atoms with Crippen molar-refractivity contribution in [1.82, 2.24) is 15.2 Å². The Balaban J connectivity index is 1.57. The number of hydrogen-bond acceptors (Lipinski definition) is 5. The van der Waals surface area contributed by atoms with Gasteiger partial charge >= 0.3 is 6.03 Å². The summed E-state index contributed by atoms with van der Waals surface area (Å²) in [5.74, 6) is 1.98. The zero-order valence-corrected chi connectivity index (χ0v) is 17.9. The van der Waals surface area contributed by atoms with Crippen LogP contribution in [-0.4, -0.2) is 49.8 Å². The number of urea groups is 1. The monoisotopic (exact) mass is 438 g/mol. The Kier molecular flexibility index (Phi) is 7.28. The Morgan fingerprint density at radius 2 is 2.07 bits per heavy atom.